The molecule has 4 rings (SSSR count). The monoisotopic (exact) mass is 294 g/mol. The van der Waals surface area contributed by atoms with E-state index in [1.807, 2.05) is 5.51 Å². The predicted octanol–water partition coefficient (Wildman–Crippen LogP) is 4.96. The summed E-state index contributed by atoms with van der Waals surface area (Å²) in [6, 6.07) is 16.0. The maximum Gasteiger partial charge on any atom is 0.0813 e. The number of benzene rings is 2. The molecule has 21 heavy (non-hydrogen) atoms. The van der Waals surface area contributed by atoms with Crippen LogP contribution in [0.3, 0.4) is 0 Å². The second kappa shape index (κ2) is 5.15. The molecule has 1 aromatic heterocycles. The van der Waals surface area contributed by atoms with E-state index in [1.54, 1.807) is 11.3 Å². The molecular weight excluding hydrogens is 276 g/mol. The quantitative estimate of drug-likeness (QED) is 0.738. The summed E-state index contributed by atoms with van der Waals surface area (Å²) < 4.78 is 1.26. The molecule has 1 heterocycles. The minimum Gasteiger partial charge on any atom is -0.382 e. The topological polar surface area (TPSA) is 24.9 Å². The number of fused-ring (bicyclic) bond motifs is 1. The summed E-state index contributed by atoms with van der Waals surface area (Å²) in [5.74, 6) is 0.718. The van der Waals surface area contributed by atoms with Crippen LogP contribution < -0.4 is 5.32 Å². The molecule has 2 nitrogen and oxygen atoms in total. The molecule has 0 unspecified atom stereocenters. The van der Waals surface area contributed by atoms with Gasteiger partial charge in [0.2, 0.25) is 0 Å². The molecular formula is C18H18N2S. The Bertz CT molecular complexity index is 754. The summed E-state index contributed by atoms with van der Waals surface area (Å²) >= 11 is 1.70. The fraction of sp³-hybridized carbons (Fsp3) is 0.278. The fourth-order valence-electron chi connectivity index (χ4n) is 3.03. The molecule has 1 aliphatic rings. The minimum absolute atomic E-state index is 0.599. The first kappa shape index (κ1) is 12.8. The van der Waals surface area contributed by atoms with E-state index in [-0.39, 0.29) is 0 Å². The Morgan fingerprint density at radius 3 is 2.71 bits per heavy atom. The molecule has 0 saturated heterocycles. The zero-order valence-corrected chi connectivity index (χ0v) is 12.9. The van der Waals surface area contributed by atoms with Gasteiger partial charge in [-0.25, -0.2) is 4.98 Å². The number of hydrogen-bond acceptors (Lipinski definition) is 3. The van der Waals surface area contributed by atoms with Crippen molar-refractivity contribution in [1.29, 1.82) is 0 Å². The zero-order chi connectivity index (χ0) is 14.2. The van der Waals surface area contributed by atoms with E-state index in [2.05, 4.69) is 59.7 Å². The van der Waals surface area contributed by atoms with Crippen molar-refractivity contribution < 1.29 is 0 Å². The van der Waals surface area contributed by atoms with Crippen LogP contribution in [-0.2, 0) is 0 Å². The third kappa shape index (κ3) is 2.54. The molecule has 3 heteroatoms. The van der Waals surface area contributed by atoms with Gasteiger partial charge in [0.05, 0.1) is 15.7 Å². The normalized spacial score (nSPS) is 21.2. The van der Waals surface area contributed by atoms with Gasteiger partial charge in [-0.1, -0.05) is 29.8 Å². The lowest BCUT2D eigenvalue weighted by molar-refractivity contribution is 0.374. The van der Waals surface area contributed by atoms with Crippen LogP contribution in [0.2, 0.25) is 0 Å². The SMILES string of the molecule is Cc1ccc(C2CC(Nc3ccc4ncsc4c3)C2)cc1. The van der Waals surface area contributed by atoms with Crippen LogP contribution in [0, 0.1) is 6.92 Å². The Labute approximate surface area is 128 Å². The Morgan fingerprint density at radius 2 is 1.90 bits per heavy atom. The molecule has 106 valence electrons. The third-order valence-electron chi connectivity index (χ3n) is 4.39. The van der Waals surface area contributed by atoms with Gasteiger partial charge in [-0.3, -0.25) is 0 Å². The molecule has 0 radical (unpaired) electrons. The van der Waals surface area contributed by atoms with Crippen LogP contribution >= 0.6 is 11.3 Å². The molecule has 0 aliphatic heterocycles. The van der Waals surface area contributed by atoms with Crippen LogP contribution in [0.15, 0.2) is 48.0 Å². The Kier molecular flexibility index (Phi) is 3.15. The fourth-order valence-corrected chi connectivity index (χ4v) is 3.74. The maximum absolute atomic E-state index is 4.32. The lowest BCUT2D eigenvalue weighted by atomic mass is 9.75. The smallest absolute Gasteiger partial charge is 0.0813 e. The highest BCUT2D eigenvalue weighted by molar-refractivity contribution is 7.16. The van der Waals surface area contributed by atoms with Crippen molar-refractivity contribution in [3.63, 3.8) is 0 Å². The summed E-state index contributed by atoms with van der Waals surface area (Å²) in [4.78, 5) is 4.32. The Balaban J connectivity index is 1.40. The number of anilines is 1. The number of aromatic nitrogens is 1. The van der Waals surface area contributed by atoms with Crippen molar-refractivity contribution in [3.8, 4) is 0 Å². The van der Waals surface area contributed by atoms with Crippen LogP contribution in [0.4, 0.5) is 5.69 Å². The number of nitrogens with one attached hydrogen (secondary N) is 1. The van der Waals surface area contributed by atoms with Gasteiger partial charge in [0.1, 0.15) is 0 Å². The lowest BCUT2D eigenvalue weighted by Gasteiger charge is -2.37. The van der Waals surface area contributed by atoms with Crippen molar-refractivity contribution >= 4 is 27.2 Å². The third-order valence-corrected chi connectivity index (χ3v) is 5.18. The van der Waals surface area contributed by atoms with E-state index in [4.69, 9.17) is 0 Å². The first-order valence-electron chi connectivity index (χ1n) is 7.44. The highest BCUT2D eigenvalue weighted by Crippen LogP contribution is 2.38. The molecule has 1 saturated carbocycles. The highest BCUT2D eigenvalue weighted by Gasteiger charge is 2.30. The summed E-state index contributed by atoms with van der Waals surface area (Å²) in [6.45, 7) is 2.14. The van der Waals surface area contributed by atoms with Gasteiger partial charge in [0, 0.05) is 11.7 Å². The molecule has 1 aliphatic carbocycles. The summed E-state index contributed by atoms with van der Waals surface area (Å²) in [6.07, 6.45) is 2.45. The van der Waals surface area contributed by atoms with Gasteiger partial charge in [-0.2, -0.15) is 0 Å². The standard InChI is InChI=1S/C18H18N2S/c1-12-2-4-13(5-3-12)14-8-16(9-14)20-15-6-7-17-18(10-15)21-11-19-17/h2-7,10-11,14,16,20H,8-9H2,1H3. The van der Waals surface area contributed by atoms with E-state index >= 15 is 0 Å². The zero-order valence-electron chi connectivity index (χ0n) is 12.0. The van der Waals surface area contributed by atoms with Crippen molar-refractivity contribution in [3.05, 3.63) is 59.1 Å². The number of nitrogens with zero attached hydrogens (tertiary/aromatic N) is 1. The predicted molar refractivity (Wildman–Crippen MR) is 90.2 cm³/mol. The molecule has 0 spiro atoms. The van der Waals surface area contributed by atoms with Gasteiger partial charge in [-0.05, 0) is 49.4 Å². The molecule has 3 aromatic rings. The van der Waals surface area contributed by atoms with E-state index in [9.17, 15) is 0 Å². The average Bonchev–Trinajstić information content (AvgIpc) is 2.91. The van der Waals surface area contributed by atoms with Gasteiger partial charge < -0.3 is 5.32 Å². The second-order valence-electron chi connectivity index (χ2n) is 5.96. The van der Waals surface area contributed by atoms with Gasteiger partial charge in [-0.15, -0.1) is 11.3 Å². The second-order valence-corrected chi connectivity index (χ2v) is 6.84. The lowest BCUT2D eigenvalue weighted by Crippen LogP contribution is -2.33. The van der Waals surface area contributed by atoms with Crippen LogP contribution in [0.1, 0.15) is 29.9 Å². The van der Waals surface area contributed by atoms with E-state index in [1.165, 1.54) is 34.4 Å². The number of rotatable bonds is 3. The van der Waals surface area contributed by atoms with Crippen molar-refractivity contribution in [2.24, 2.45) is 0 Å². The Morgan fingerprint density at radius 1 is 1.10 bits per heavy atom. The maximum atomic E-state index is 4.32. The minimum atomic E-state index is 0.599. The summed E-state index contributed by atoms with van der Waals surface area (Å²) in [5, 5.41) is 3.65. The molecule has 1 fully saturated rings. The molecule has 2 aromatic carbocycles. The molecule has 0 amide bonds. The highest BCUT2D eigenvalue weighted by atomic mass is 32.1. The van der Waals surface area contributed by atoms with Crippen molar-refractivity contribution in [2.45, 2.75) is 31.7 Å². The summed E-state index contributed by atoms with van der Waals surface area (Å²) in [7, 11) is 0. The van der Waals surface area contributed by atoms with Gasteiger partial charge >= 0.3 is 0 Å². The molecule has 1 N–H and O–H groups in total. The summed E-state index contributed by atoms with van der Waals surface area (Å²) in [5.41, 5.74) is 7.04. The van der Waals surface area contributed by atoms with E-state index in [0.717, 1.165) is 11.4 Å². The first-order chi connectivity index (χ1) is 10.3. The number of thiazole rings is 1. The number of aryl methyl sites for hydroxylation is 1. The molecule has 0 atom stereocenters. The first-order valence-corrected chi connectivity index (χ1v) is 8.32. The van der Waals surface area contributed by atoms with Crippen LogP contribution in [0.5, 0.6) is 0 Å². The van der Waals surface area contributed by atoms with Crippen molar-refractivity contribution in [2.75, 3.05) is 5.32 Å². The van der Waals surface area contributed by atoms with E-state index in [0.29, 0.717) is 6.04 Å². The number of hydrogen-bond donors (Lipinski definition) is 1. The van der Waals surface area contributed by atoms with Crippen LogP contribution in [-0.4, -0.2) is 11.0 Å². The average molecular weight is 294 g/mol. The van der Waals surface area contributed by atoms with Crippen LogP contribution in [0.25, 0.3) is 10.2 Å². The Hall–Kier alpha value is -1.87. The van der Waals surface area contributed by atoms with Gasteiger partial charge in [0.15, 0.2) is 0 Å². The molecule has 0 bridgehead atoms. The van der Waals surface area contributed by atoms with Crippen molar-refractivity contribution in [1.82, 2.24) is 4.98 Å². The van der Waals surface area contributed by atoms with Gasteiger partial charge in [0.25, 0.3) is 0 Å². The van der Waals surface area contributed by atoms with E-state index < -0.39 is 0 Å². The largest absolute Gasteiger partial charge is 0.382 e.